The highest BCUT2D eigenvalue weighted by Gasteiger charge is 2.34. The molecule has 1 aliphatic rings. The number of carbonyl (C=O) groups excluding carboxylic acids is 1. The number of fused-ring (bicyclic) bond motifs is 1. The normalized spacial score (nSPS) is 14.6. The molecule has 45 heavy (non-hydrogen) atoms. The standard InChI is InChI=1S/C35H31BrN4O4S/c1-20-17-23(22(3)39(20)26-13-11-24(36)12-14-26)18-30-34(42)40-32(28-16-15-27(43-4)19-29(28)44-5)31(21(2)37-35(40)45-30)33(41)38-25-9-7-6-8-10-25/h6-19,32H,1-5H3,(H,38,41)/b30-18-/t32-/m1/s1. The Labute approximate surface area is 272 Å². The largest absolute Gasteiger partial charge is 0.497 e. The number of amides is 1. The maximum Gasteiger partial charge on any atom is 0.271 e. The molecule has 0 saturated carbocycles. The number of nitrogens with zero attached hydrogens (tertiary/aromatic N) is 3. The van der Waals surface area contributed by atoms with E-state index in [1.807, 2.05) is 68.5 Å². The van der Waals surface area contributed by atoms with Gasteiger partial charge in [0.2, 0.25) is 0 Å². The van der Waals surface area contributed by atoms with E-state index in [0.717, 1.165) is 27.1 Å². The molecule has 0 fully saturated rings. The summed E-state index contributed by atoms with van der Waals surface area (Å²) < 4.78 is 16.5. The summed E-state index contributed by atoms with van der Waals surface area (Å²) in [5, 5.41) is 2.99. The van der Waals surface area contributed by atoms with Gasteiger partial charge in [-0.05, 0) is 87.0 Å². The molecule has 0 aliphatic carbocycles. The van der Waals surface area contributed by atoms with Crippen LogP contribution < -0.4 is 29.7 Å². The topological polar surface area (TPSA) is 86.9 Å². The van der Waals surface area contributed by atoms with Gasteiger partial charge in [0.25, 0.3) is 11.5 Å². The average molecular weight is 684 g/mol. The minimum absolute atomic E-state index is 0.243. The number of ether oxygens (including phenoxy) is 2. The Morgan fingerprint density at radius 2 is 1.71 bits per heavy atom. The molecule has 1 aliphatic heterocycles. The summed E-state index contributed by atoms with van der Waals surface area (Å²) in [6, 6.07) is 24.0. The number of benzene rings is 3. The minimum atomic E-state index is -0.789. The molecule has 6 rings (SSSR count). The van der Waals surface area contributed by atoms with Crippen molar-refractivity contribution in [3.63, 3.8) is 0 Å². The molecule has 0 saturated heterocycles. The monoisotopic (exact) mass is 682 g/mol. The number of methoxy groups -OCH3 is 2. The van der Waals surface area contributed by atoms with Crippen LogP contribution in [0.15, 0.2) is 104 Å². The van der Waals surface area contributed by atoms with Gasteiger partial charge < -0.3 is 19.4 Å². The van der Waals surface area contributed by atoms with Crippen molar-refractivity contribution in [3.8, 4) is 17.2 Å². The summed E-state index contributed by atoms with van der Waals surface area (Å²) in [5.74, 6) is 0.740. The molecule has 0 radical (unpaired) electrons. The molecule has 3 heterocycles. The van der Waals surface area contributed by atoms with E-state index < -0.39 is 6.04 Å². The van der Waals surface area contributed by atoms with E-state index in [9.17, 15) is 9.59 Å². The number of anilines is 1. The Balaban J connectivity index is 1.52. The van der Waals surface area contributed by atoms with Crippen LogP contribution in [0, 0.1) is 13.8 Å². The molecular weight excluding hydrogens is 652 g/mol. The lowest BCUT2D eigenvalue weighted by Crippen LogP contribution is -2.40. The summed E-state index contributed by atoms with van der Waals surface area (Å²) in [7, 11) is 3.14. The van der Waals surface area contributed by atoms with Crippen molar-refractivity contribution in [2.45, 2.75) is 26.8 Å². The van der Waals surface area contributed by atoms with Crippen LogP contribution in [0.3, 0.4) is 0 Å². The second-order valence-electron chi connectivity index (χ2n) is 10.6. The lowest BCUT2D eigenvalue weighted by atomic mass is 9.94. The van der Waals surface area contributed by atoms with Crippen LogP contribution in [0.5, 0.6) is 11.5 Å². The number of halogens is 1. The third kappa shape index (κ3) is 5.67. The van der Waals surface area contributed by atoms with E-state index in [1.165, 1.54) is 11.3 Å². The van der Waals surface area contributed by atoms with Crippen molar-refractivity contribution in [2.75, 3.05) is 19.5 Å². The fraction of sp³-hybridized carbons (Fsp3) is 0.171. The molecule has 8 nitrogen and oxygen atoms in total. The number of aromatic nitrogens is 2. The zero-order valence-electron chi connectivity index (χ0n) is 25.4. The Bertz CT molecular complexity index is 2140. The Morgan fingerprint density at radius 1 is 0.978 bits per heavy atom. The molecule has 1 amide bonds. The number of nitrogens with one attached hydrogen (secondary N) is 1. The second kappa shape index (κ2) is 12.4. The third-order valence-corrected chi connectivity index (χ3v) is 9.39. The van der Waals surface area contributed by atoms with Gasteiger partial charge in [0, 0.05) is 38.9 Å². The van der Waals surface area contributed by atoms with Crippen LogP contribution in [0.2, 0.25) is 0 Å². The molecule has 0 spiro atoms. The Kier molecular flexibility index (Phi) is 8.35. The summed E-state index contributed by atoms with van der Waals surface area (Å²) in [6.07, 6.45) is 1.91. The van der Waals surface area contributed by atoms with Crippen molar-refractivity contribution in [1.29, 1.82) is 0 Å². The molecule has 1 atom stereocenters. The SMILES string of the molecule is COc1ccc([C@@H]2C(C(=O)Nc3ccccc3)=C(C)N=c3s/c(=C\c4cc(C)n(-c5ccc(Br)cc5)c4C)c(=O)n32)c(OC)c1. The lowest BCUT2D eigenvalue weighted by molar-refractivity contribution is -0.113. The molecule has 1 N–H and O–H groups in total. The summed E-state index contributed by atoms with van der Waals surface area (Å²) in [4.78, 5) is 33.5. The fourth-order valence-corrected chi connectivity index (χ4v) is 7.03. The average Bonchev–Trinajstić information content (AvgIpc) is 3.50. The zero-order chi connectivity index (χ0) is 31.8. The van der Waals surface area contributed by atoms with E-state index in [-0.39, 0.29) is 11.5 Å². The predicted octanol–water partition coefficient (Wildman–Crippen LogP) is 6.06. The van der Waals surface area contributed by atoms with Crippen molar-refractivity contribution >= 4 is 44.9 Å². The third-order valence-electron chi connectivity index (χ3n) is 7.87. The van der Waals surface area contributed by atoms with Crippen molar-refractivity contribution in [2.24, 2.45) is 4.99 Å². The minimum Gasteiger partial charge on any atom is -0.497 e. The second-order valence-corrected chi connectivity index (χ2v) is 12.6. The van der Waals surface area contributed by atoms with Crippen LogP contribution in [-0.2, 0) is 4.79 Å². The van der Waals surface area contributed by atoms with Gasteiger partial charge in [0.15, 0.2) is 4.80 Å². The van der Waals surface area contributed by atoms with Gasteiger partial charge in [-0.1, -0.05) is 45.5 Å². The van der Waals surface area contributed by atoms with E-state index in [2.05, 4.69) is 44.0 Å². The molecule has 228 valence electrons. The van der Waals surface area contributed by atoms with Gasteiger partial charge in [0.1, 0.15) is 17.5 Å². The van der Waals surface area contributed by atoms with Gasteiger partial charge in [0.05, 0.1) is 30.0 Å². The molecule has 5 aromatic rings. The van der Waals surface area contributed by atoms with Crippen molar-refractivity contribution in [3.05, 3.63) is 137 Å². The van der Waals surface area contributed by atoms with E-state index in [0.29, 0.717) is 43.4 Å². The fourth-order valence-electron chi connectivity index (χ4n) is 5.73. The van der Waals surface area contributed by atoms with Gasteiger partial charge in [-0.15, -0.1) is 0 Å². The molecule has 0 bridgehead atoms. The van der Waals surface area contributed by atoms with E-state index in [1.54, 1.807) is 37.8 Å². The Morgan fingerprint density at radius 3 is 2.40 bits per heavy atom. The number of thiazole rings is 1. The molecule has 3 aromatic carbocycles. The van der Waals surface area contributed by atoms with E-state index in [4.69, 9.17) is 14.5 Å². The van der Waals surface area contributed by atoms with Crippen LogP contribution >= 0.6 is 27.3 Å². The molecule has 2 aromatic heterocycles. The quantitative estimate of drug-likeness (QED) is 0.226. The van der Waals surface area contributed by atoms with Crippen LogP contribution in [0.25, 0.3) is 11.8 Å². The van der Waals surface area contributed by atoms with Gasteiger partial charge in [-0.2, -0.15) is 0 Å². The highest BCUT2D eigenvalue weighted by Crippen LogP contribution is 2.37. The van der Waals surface area contributed by atoms with Crippen LogP contribution in [0.4, 0.5) is 5.69 Å². The van der Waals surface area contributed by atoms with Crippen molar-refractivity contribution < 1.29 is 14.3 Å². The first-order valence-electron chi connectivity index (χ1n) is 14.3. The molecular formula is C35H31BrN4O4S. The maximum absolute atomic E-state index is 14.3. The number of para-hydroxylation sites is 1. The number of allylic oxidation sites excluding steroid dienone is 1. The lowest BCUT2D eigenvalue weighted by Gasteiger charge is -2.26. The first-order valence-corrected chi connectivity index (χ1v) is 15.9. The summed E-state index contributed by atoms with van der Waals surface area (Å²) >= 11 is 4.81. The molecule has 10 heteroatoms. The first kappa shape index (κ1) is 30.4. The van der Waals surface area contributed by atoms with Gasteiger partial charge in [-0.25, -0.2) is 4.99 Å². The number of aryl methyl sites for hydroxylation is 1. The predicted molar refractivity (Wildman–Crippen MR) is 181 cm³/mol. The first-order chi connectivity index (χ1) is 21.7. The van der Waals surface area contributed by atoms with Gasteiger partial charge in [-0.3, -0.25) is 14.2 Å². The zero-order valence-corrected chi connectivity index (χ0v) is 27.8. The number of hydrogen-bond acceptors (Lipinski definition) is 6. The highest BCUT2D eigenvalue weighted by atomic mass is 79.9. The van der Waals surface area contributed by atoms with E-state index >= 15 is 0 Å². The van der Waals surface area contributed by atoms with Crippen LogP contribution in [-0.4, -0.2) is 29.3 Å². The summed E-state index contributed by atoms with van der Waals surface area (Å²) in [5.41, 5.74) is 5.93. The number of rotatable bonds is 7. The van der Waals surface area contributed by atoms with Gasteiger partial charge >= 0.3 is 0 Å². The smallest absolute Gasteiger partial charge is 0.271 e. The molecule has 0 unspecified atom stereocenters. The number of carbonyl (C=O) groups is 1. The summed E-state index contributed by atoms with van der Waals surface area (Å²) in [6.45, 7) is 5.88. The maximum atomic E-state index is 14.3. The van der Waals surface area contributed by atoms with Crippen LogP contribution in [0.1, 0.15) is 35.5 Å². The highest BCUT2D eigenvalue weighted by molar-refractivity contribution is 9.10. The Hall–Kier alpha value is -4.67. The van der Waals surface area contributed by atoms with Crippen molar-refractivity contribution in [1.82, 2.24) is 9.13 Å². The number of hydrogen-bond donors (Lipinski definition) is 1.